The summed E-state index contributed by atoms with van der Waals surface area (Å²) in [5.74, 6) is -1.22. The quantitative estimate of drug-likeness (QED) is 0.755. The summed E-state index contributed by atoms with van der Waals surface area (Å²) >= 11 is 0. The van der Waals surface area contributed by atoms with Crippen LogP contribution in [0.1, 0.15) is 48.0 Å². The van der Waals surface area contributed by atoms with Gasteiger partial charge in [0.1, 0.15) is 6.54 Å². The van der Waals surface area contributed by atoms with Crippen molar-refractivity contribution >= 4 is 11.9 Å². The van der Waals surface area contributed by atoms with E-state index in [0.29, 0.717) is 6.42 Å². The minimum absolute atomic E-state index is 0.116. The Morgan fingerprint density at radius 3 is 2.00 bits per heavy atom. The fraction of sp³-hybridized carbons (Fsp3) is 0.846. The zero-order valence-electron chi connectivity index (χ0n) is 12.3. The van der Waals surface area contributed by atoms with Gasteiger partial charge in [0, 0.05) is 11.6 Å². The molecule has 0 fully saturated rings. The molecule has 0 aromatic rings. The van der Waals surface area contributed by atoms with Gasteiger partial charge in [-0.1, -0.05) is 6.92 Å². The Bertz CT molecular complexity index is 319. The Labute approximate surface area is 109 Å². The van der Waals surface area contributed by atoms with E-state index in [1.807, 2.05) is 13.8 Å². The van der Waals surface area contributed by atoms with Crippen LogP contribution < -0.4 is 5.73 Å². The van der Waals surface area contributed by atoms with Crippen molar-refractivity contribution in [2.75, 3.05) is 6.54 Å². The Morgan fingerprint density at radius 2 is 1.72 bits per heavy atom. The van der Waals surface area contributed by atoms with Crippen molar-refractivity contribution in [3.63, 3.8) is 0 Å². The molecule has 0 aromatic heterocycles. The maximum absolute atomic E-state index is 12.5. The van der Waals surface area contributed by atoms with E-state index in [2.05, 4.69) is 0 Å². The summed E-state index contributed by atoms with van der Waals surface area (Å²) in [5, 5.41) is 8.92. The van der Waals surface area contributed by atoms with Gasteiger partial charge in [-0.15, -0.1) is 0 Å². The lowest BCUT2D eigenvalue weighted by molar-refractivity contribution is -0.153. The van der Waals surface area contributed by atoms with Crippen molar-refractivity contribution in [1.82, 2.24) is 4.90 Å². The van der Waals surface area contributed by atoms with Crippen LogP contribution in [-0.4, -0.2) is 40.0 Å². The fourth-order valence-electron chi connectivity index (χ4n) is 1.43. The molecule has 0 saturated heterocycles. The van der Waals surface area contributed by atoms with Crippen molar-refractivity contribution in [1.29, 1.82) is 0 Å². The number of carboxylic acids is 1. The Morgan fingerprint density at radius 1 is 1.28 bits per heavy atom. The third kappa shape index (κ3) is 3.70. The highest BCUT2D eigenvalue weighted by Crippen LogP contribution is 2.31. The first kappa shape index (κ1) is 16.9. The monoisotopic (exact) mass is 258 g/mol. The normalized spacial score (nSPS) is 14.2. The second-order valence-corrected chi connectivity index (χ2v) is 5.93. The lowest BCUT2D eigenvalue weighted by Gasteiger charge is -2.42. The molecule has 0 aromatic carbocycles. The number of carboxylic acid groups (broad SMARTS) is 1. The van der Waals surface area contributed by atoms with E-state index in [1.165, 1.54) is 4.90 Å². The number of aliphatic carboxylic acids is 1. The SMILES string of the molecule is CCC(C)N(CC(=O)O)C(=O)C(C)(C)C(C)(C)N. The number of hydrogen-bond donors (Lipinski definition) is 2. The smallest absolute Gasteiger partial charge is 0.323 e. The number of amides is 1. The van der Waals surface area contributed by atoms with Gasteiger partial charge in [0.05, 0.1) is 5.41 Å². The number of carbonyl (C=O) groups is 2. The first-order valence-electron chi connectivity index (χ1n) is 6.26. The molecular weight excluding hydrogens is 232 g/mol. The van der Waals surface area contributed by atoms with Crippen molar-refractivity contribution in [3.05, 3.63) is 0 Å². The molecule has 3 N–H and O–H groups in total. The second-order valence-electron chi connectivity index (χ2n) is 5.93. The molecule has 5 nitrogen and oxygen atoms in total. The highest BCUT2D eigenvalue weighted by Gasteiger charge is 2.43. The summed E-state index contributed by atoms with van der Waals surface area (Å²) in [6.45, 7) is 10.6. The van der Waals surface area contributed by atoms with Gasteiger partial charge in [0.25, 0.3) is 0 Å². The van der Waals surface area contributed by atoms with Crippen LogP contribution in [0.25, 0.3) is 0 Å². The first-order valence-corrected chi connectivity index (χ1v) is 6.26. The number of carbonyl (C=O) groups excluding carboxylic acids is 1. The molecule has 1 atom stereocenters. The molecule has 0 heterocycles. The van der Waals surface area contributed by atoms with Gasteiger partial charge in [-0.2, -0.15) is 0 Å². The Hall–Kier alpha value is -1.10. The topological polar surface area (TPSA) is 83.6 Å². The number of nitrogens with zero attached hydrogens (tertiary/aromatic N) is 1. The van der Waals surface area contributed by atoms with Crippen LogP contribution in [0.3, 0.4) is 0 Å². The van der Waals surface area contributed by atoms with Crippen LogP contribution in [0, 0.1) is 5.41 Å². The molecular formula is C13H26N2O3. The highest BCUT2D eigenvalue weighted by atomic mass is 16.4. The number of nitrogens with two attached hydrogens (primary N) is 1. The molecule has 0 aliphatic rings. The Balaban J connectivity index is 5.25. The largest absolute Gasteiger partial charge is 0.480 e. The molecule has 0 radical (unpaired) electrons. The van der Waals surface area contributed by atoms with Crippen LogP contribution in [0.15, 0.2) is 0 Å². The van der Waals surface area contributed by atoms with Crippen LogP contribution in [0.2, 0.25) is 0 Å². The summed E-state index contributed by atoms with van der Waals surface area (Å²) in [6.07, 6.45) is 0.708. The average Bonchev–Trinajstić information content (AvgIpc) is 2.21. The second kappa shape index (κ2) is 5.69. The summed E-state index contributed by atoms with van der Waals surface area (Å²) in [7, 11) is 0. The van der Waals surface area contributed by atoms with Gasteiger partial charge in [-0.25, -0.2) is 0 Å². The molecule has 0 aliphatic heterocycles. The molecule has 18 heavy (non-hydrogen) atoms. The van der Waals surface area contributed by atoms with Gasteiger partial charge in [0.15, 0.2) is 0 Å². The minimum atomic E-state index is -1.01. The van der Waals surface area contributed by atoms with E-state index < -0.39 is 16.9 Å². The summed E-state index contributed by atoms with van der Waals surface area (Å²) in [4.78, 5) is 24.8. The molecule has 0 spiro atoms. The lowest BCUT2D eigenvalue weighted by Crippen LogP contribution is -2.58. The van der Waals surface area contributed by atoms with Gasteiger partial charge in [0.2, 0.25) is 5.91 Å². The molecule has 106 valence electrons. The van der Waals surface area contributed by atoms with Crippen LogP contribution in [0.5, 0.6) is 0 Å². The standard InChI is InChI=1S/C13H26N2O3/c1-7-9(2)15(8-10(16)17)11(18)12(3,4)13(5,6)14/h9H,7-8,14H2,1-6H3,(H,16,17). The number of rotatable bonds is 6. The van der Waals surface area contributed by atoms with Gasteiger partial charge >= 0.3 is 5.97 Å². The number of hydrogen-bond acceptors (Lipinski definition) is 3. The van der Waals surface area contributed by atoms with Gasteiger partial charge in [-0.3, -0.25) is 9.59 Å². The van der Waals surface area contributed by atoms with E-state index in [-0.39, 0.29) is 18.5 Å². The van der Waals surface area contributed by atoms with E-state index in [9.17, 15) is 9.59 Å². The summed E-state index contributed by atoms with van der Waals surface area (Å²) in [5.41, 5.74) is 4.50. The van der Waals surface area contributed by atoms with Crippen molar-refractivity contribution in [2.24, 2.45) is 11.1 Å². The lowest BCUT2D eigenvalue weighted by atomic mass is 9.74. The highest BCUT2D eigenvalue weighted by molar-refractivity contribution is 5.86. The summed E-state index contributed by atoms with van der Waals surface area (Å²) < 4.78 is 0. The fourth-order valence-corrected chi connectivity index (χ4v) is 1.43. The van der Waals surface area contributed by atoms with E-state index in [4.69, 9.17) is 10.8 Å². The van der Waals surface area contributed by atoms with Crippen molar-refractivity contribution in [2.45, 2.75) is 59.5 Å². The van der Waals surface area contributed by atoms with Gasteiger partial charge < -0.3 is 15.7 Å². The predicted octanol–water partition coefficient (Wildman–Crippen LogP) is 1.46. The third-order valence-electron chi connectivity index (χ3n) is 3.83. The van der Waals surface area contributed by atoms with Gasteiger partial charge in [-0.05, 0) is 41.0 Å². The van der Waals surface area contributed by atoms with E-state index >= 15 is 0 Å². The van der Waals surface area contributed by atoms with Crippen molar-refractivity contribution < 1.29 is 14.7 Å². The zero-order valence-corrected chi connectivity index (χ0v) is 12.3. The van der Waals surface area contributed by atoms with Crippen LogP contribution in [0.4, 0.5) is 0 Å². The molecule has 0 rings (SSSR count). The third-order valence-corrected chi connectivity index (χ3v) is 3.83. The molecule has 5 heteroatoms. The maximum atomic E-state index is 12.5. The Kier molecular flexibility index (Phi) is 5.35. The molecule has 0 saturated carbocycles. The van der Waals surface area contributed by atoms with E-state index in [0.717, 1.165) is 0 Å². The predicted molar refractivity (Wildman–Crippen MR) is 71.1 cm³/mol. The van der Waals surface area contributed by atoms with Crippen molar-refractivity contribution in [3.8, 4) is 0 Å². The molecule has 1 amide bonds. The van der Waals surface area contributed by atoms with E-state index in [1.54, 1.807) is 27.7 Å². The molecule has 1 unspecified atom stereocenters. The maximum Gasteiger partial charge on any atom is 0.323 e. The summed E-state index contributed by atoms with van der Waals surface area (Å²) in [6, 6.07) is -0.116. The minimum Gasteiger partial charge on any atom is -0.480 e. The average molecular weight is 258 g/mol. The van der Waals surface area contributed by atoms with Crippen LogP contribution in [-0.2, 0) is 9.59 Å². The van der Waals surface area contributed by atoms with Crippen LogP contribution >= 0.6 is 0 Å². The molecule has 0 bridgehead atoms. The molecule has 0 aliphatic carbocycles. The zero-order chi connectivity index (χ0) is 14.7. The first-order chi connectivity index (χ1) is 7.95.